The summed E-state index contributed by atoms with van der Waals surface area (Å²) in [5.74, 6) is 1.32. The second-order valence-electron chi connectivity index (χ2n) is 8.88. The van der Waals surface area contributed by atoms with Crippen LogP contribution in [0.2, 0.25) is 0 Å². The van der Waals surface area contributed by atoms with Crippen molar-refractivity contribution >= 4 is 38.2 Å². The van der Waals surface area contributed by atoms with Gasteiger partial charge in [0.15, 0.2) is 28.8 Å². The molecule has 0 fully saturated rings. The molecule has 0 radical (unpaired) electrons. The molecule has 2 aromatic carbocycles. The topological polar surface area (TPSA) is 71.5 Å². The molecule has 3 aromatic heterocycles. The highest BCUT2D eigenvalue weighted by Crippen LogP contribution is 2.41. The van der Waals surface area contributed by atoms with E-state index in [0.29, 0.717) is 33.8 Å². The van der Waals surface area contributed by atoms with Crippen molar-refractivity contribution in [2.45, 2.75) is 39.9 Å². The van der Waals surface area contributed by atoms with E-state index in [2.05, 4.69) is 0 Å². The third-order valence-corrected chi connectivity index (χ3v) is 5.80. The van der Waals surface area contributed by atoms with Crippen molar-refractivity contribution in [1.82, 2.24) is 4.40 Å². The van der Waals surface area contributed by atoms with Gasteiger partial charge in [-0.05, 0) is 57.3 Å². The van der Waals surface area contributed by atoms with Crippen LogP contribution in [-0.2, 0) is 0 Å². The van der Waals surface area contributed by atoms with Crippen LogP contribution in [0, 0.1) is 5.82 Å². The van der Waals surface area contributed by atoms with E-state index in [1.165, 1.54) is 18.6 Å². The van der Waals surface area contributed by atoms with Crippen molar-refractivity contribution in [3.63, 3.8) is 0 Å². The lowest BCUT2D eigenvalue weighted by molar-refractivity contribution is 0.230. The number of pyridine rings is 1. The van der Waals surface area contributed by atoms with Gasteiger partial charge in [-0.3, -0.25) is 0 Å². The normalized spacial score (nSPS) is 11.9. The molecule has 0 aliphatic heterocycles. The van der Waals surface area contributed by atoms with Crippen LogP contribution in [0.15, 0.2) is 45.7 Å². The summed E-state index contributed by atoms with van der Waals surface area (Å²) in [7, 11) is 3.04. The minimum Gasteiger partial charge on any atom is -0.493 e. The van der Waals surface area contributed by atoms with E-state index in [9.17, 15) is 4.79 Å². The van der Waals surface area contributed by atoms with E-state index in [-0.39, 0.29) is 34.2 Å². The average Bonchev–Trinajstić information content (AvgIpc) is 3.11. The van der Waals surface area contributed by atoms with Crippen molar-refractivity contribution in [1.29, 1.82) is 0 Å². The van der Waals surface area contributed by atoms with E-state index in [4.69, 9.17) is 23.4 Å². The third kappa shape index (κ3) is 3.60. The first-order valence-corrected chi connectivity index (χ1v) is 11.4. The maximum atomic E-state index is 16.2. The van der Waals surface area contributed by atoms with Gasteiger partial charge in [0.1, 0.15) is 11.1 Å². The number of aromatic nitrogens is 1. The molecule has 0 aliphatic carbocycles. The lowest BCUT2D eigenvalue weighted by Gasteiger charge is -2.15. The molecular weight excluding hydrogens is 453 g/mol. The second kappa shape index (κ2) is 8.37. The fourth-order valence-electron chi connectivity index (χ4n) is 4.46. The van der Waals surface area contributed by atoms with Gasteiger partial charge in [-0.1, -0.05) is 0 Å². The molecule has 5 aromatic rings. The summed E-state index contributed by atoms with van der Waals surface area (Å²) in [4.78, 5) is 13.1. The Morgan fingerprint density at radius 3 is 2.03 bits per heavy atom. The summed E-state index contributed by atoms with van der Waals surface area (Å²) in [6.07, 6.45) is 1.47. The standard InChI is InChI=1S/C27H26FNO6/c1-13(2)33-21-9-15-7-8-29-25(16(15)10-19(21)31-5)24(28)23-17-11-20(32-6)22(34-14(3)4)12-18(17)35-27(30)26(23)29/h7-14H,1-6H3. The monoisotopic (exact) mass is 479 g/mol. The summed E-state index contributed by atoms with van der Waals surface area (Å²) >= 11 is 0. The zero-order valence-corrected chi connectivity index (χ0v) is 20.4. The van der Waals surface area contributed by atoms with Gasteiger partial charge in [0.05, 0.1) is 37.3 Å². The van der Waals surface area contributed by atoms with Crippen LogP contribution in [0.5, 0.6) is 23.0 Å². The highest BCUT2D eigenvalue weighted by molar-refractivity contribution is 6.11. The van der Waals surface area contributed by atoms with Crippen LogP contribution in [0.3, 0.4) is 0 Å². The second-order valence-corrected chi connectivity index (χ2v) is 8.88. The number of hydrogen-bond donors (Lipinski definition) is 0. The highest BCUT2D eigenvalue weighted by atomic mass is 19.1. The van der Waals surface area contributed by atoms with Crippen LogP contribution >= 0.6 is 0 Å². The van der Waals surface area contributed by atoms with Crippen LogP contribution < -0.4 is 24.6 Å². The Hall–Kier alpha value is -3.94. The first-order chi connectivity index (χ1) is 16.7. The first kappa shape index (κ1) is 22.8. The highest BCUT2D eigenvalue weighted by Gasteiger charge is 2.23. The molecule has 0 bridgehead atoms. The smallest absolute Gasteiger partial charge is 0.361 e. The maximum Gasteiger partial charge on any atom is 0.361 e. The van der Waals surface area contributed by atoms with Gasteiger partial charge in [-0.2, -0.15) is 0 Å². The predicted molar refractivity (Wildman–Crippen MR) is 133 cm³/mol. The van der Waals surface area contributed by atoms with Crippen LogP contribution in [0.1, 0.15) is 27.7 Å². The van der Waals surface area contributed by atoms with E-state index in [1.54, 1.807) is 30.5 Å². The summed E-state index contributed by atoms with van der Waals surface area (Å²) < 4.78 is 46.0. The molecule has 35 heavy (non-hydrogen) atoms. The first-order valence-electron chi connectivity index (χ1n) is 11.4. The molecule has 7 nitrogen and oxygen atoms in total. The molecule has 0 spiro atoms. The average molecular weight is 480 g/mol. The van der Waals surface area contributed by atoms with Crippen LogP contribution in [-0.4, -0.2) is 30.8 Å². The van der Waals surface area contributed by atoms with Crippen molar-refractivity contribution in [2.75, 3.05) is 14.2 Å². The van der Waals surface area contributed by atoms with E-state index < -0.39 is 11.4 Å². The number of ether oxygens (including phenoxy) is 4. The Balaban J connectivity index is 1.89. The Morgan fingerprint density at radius 1 is 0.829 bits per heavy atom. The number of fused-ring (bicyclic) bond motifs is 7. The molecule has 0 aliphatic rings. The summed E-state index contributed by atoms with van der Waals surface area (Å²) in [5.41, 5.74) is -0.0949. The van der Waals surface area contributed by atoms with Gasteiger partial charge in [0, 0.05) is 23.0 Å². The summed E-state index contributed by atoms with van der Waals surface area (Å²) in [6.45, 7) is 7.59. The largest absolute Gasteiger partial charge is 0.493 e. The lowest BCUT2D eigenvalue weighted by atomic mass is 10.1. The number of benzene rings is 2. The van der Waals surface area contributed by atoms with Crippen LogP contribution in [0.25, 0.3) is 38.2 Å². The predicted octanol–water partition coefficient (Wildman–Crippen LogP) is 6.08. The molecular formula is C27H26FNO6. The van der Waals surface area contributed by atoms with Crippen LogP contribution in [0.4, 0.5) is 4.39 Å². The molecule has 8 heteroatoms. The summed E-state index contributed by atoms with van der Waals surface area (Å²) in [5, 5.41) is 1.89. The van der Waals surface area contributed by atoms with Gasteiger partial charge in [-0.25, -0.2) is 9.18 Å². The molecule has 0 atom stereocenters. The Morgan fingerprint density at radius 2 is 1.43 bits per heavy atom. The zero-order valence-electron chi connectivity index (χ0n) is 20.4. The minimum absolute atomic E-state index is 0.0618. The van der Waals surface area contributed by atoms with E-state index in [1.807, 2.05) is 33.8 Å². The molecule has 0 N–H and O–H groups in total. The third-order valence-electron chi connectivity index (χ3n) is 5.80. The summed E-state index contributed by atoms with van der Waals surface area (Å²) in [6, 6.07) is 8.54. The number of nitrogens with zero attached hydrogens (tertiary/aromatic N) is 1. The molecule has 5 rings (SSSR count). The number of hydrogen-bond acceptors (Lipinski definition) is 6. The van der Waals surface area contributed by atoms with Crippen molar-refractivity contribution in [3.05, 3.63) is 52.8 Å². The van der Waals surface area contributed by atoms with Crippen molar-refractivity contribution in [3.8, 4) is 23.0 Å². The van der Waals surface area contributed by atoms with E-state index in [0.717, 1.165) is 5.39 Å². The molecule has 0 saturated heterocycles. The van der Waals surface area contributed by atoms with Gasteiger partial charge in [0.2, 0.25) is 0 Å². The number of halogens is 1. The molecule has 0 unspecified atom stereocenters. The molecule has 182 valence electrons. The fourth-order valence-corrected chi connectivity index (χ4v) is 4.46. The van der Waals surface area contributed by atoms with Crippen molar-refractivity contribution < 1.29 is 27.8 Å². The van der Waals surface area contributed by atoms with Gasteiger partial charge >= 0.3 is 5.63 Å². The molecule has 0 saturated carbocycles. The minimum atomic E-state index is -0.654. The zero-order chi connectivity index (χ0) is 25.0. The SMILES string of the molecule is COc1cc2c(ccn3c2c(F)c2c4cc(OC)c(OC(C)C)cc4oc(=O)c23)cc1OC(C)C. The van der Waals surface area contributed by atoms with Gasteiger partial charge in [0.25, 0.3) is 0 Å². The van der Waals surface area contributed by atoms with Crippen molar-refractivity contribution in [2.24, 2.45) is 0 Å². The maximum absolute atomic E-state index is 16.2. The Labute approximate surface area is 200 Å². The number of rotatable bonds is 6. The Bertz CT molecular complexity index is 1660. The Kier molecular flexibility index (Phi) is 5.46. The number of methoxy groups -OCH3 is 2. The molecule has 0 amide bonds. The van der Waals surface area contributed by atoms with Gasteiger partial charge < -0.3 is 27.8 Å². The molecule has 3 heterocycles. The lowest BCUT2D eigenvalue weighted by Crippen LogP contribution is -2.07. The van der Waals surface area contributed by atoms with E-state index >= 15 is 4.39 Å². The fraction of sp³-hybridized carbons (Fsp3) is 0.296. The quantitative estimate of drug-likeness (QED) is 0.275. The van der Waals surface area contributed by atoms with Gasteiger partial charge in [-0.15, -0.1) is 0 Å².